The second kappa shape index (κ2) is 6.16. The topological polar surface area (TPSA) is 52.4 Å². The molecular formula is C18H23NO3Si. The molecule has 4 nitrogen and oxygen atoms in total. The molecule has 2 aromatic rings. The molecule has 0 aromatic heterocycles. The third-order valence-electron chi connectivity index (χ3n) is 4.44. The van der Waals surface area contributed by atoms with E-state index in [0.717, 1.165) is 16.9 Å². The van der Waals surface area contributed by atoms with Crippen LogP contribution in [-0.2, 0) is 0 Å². The maximum atomic E-state index is 10.7. The predicted octanol–water partition coefficient (Wildman–Crippen LogP) is 5.65. The zero-order chi connectivity index (χ0) is 17.3. The molecular weight excluding hydrogens is 306 g/mol. The maximum Gasteiger partial charge on any atom is 0.269 e. The highest BCUT2D eigenvalue weighted by Gasteiger charge is 2.38. The number of nitrogens with zero attached hydrogens (tertiary/aromatic N) is 1. The lowest BCUT2D eigenvalue weighted by molar-refractivity contribution is -0.384. The third-order valence-corrected chi connectivity index (χ3v) is 8.80. The van der Waals surface area contributed by atoms with Crippen molar-refractivity contribution < 1.29 is 9.35 Å². The second-order valence-electron chi connectivity index (χ2n) is 7.19. The molecule has 0 saturated carbocycles. The van der Waals surface area contributed by atoms with Gasteiger partial charge in [0.2, 0.25) is 8.32 Å². The Labute approximate surface area is 138 Å². The van der Waals surface area contributed by atoms with Crippen LogP contribution in [0.3, 0.4) is 0 Å². The fourth-order valence-corrected chi connectivity index (χ4v) is 2.97. The van der Waals surface area contributed by atoms with Crippen molar-refractivity contribution in [2.75, 3.05) is 0 Å². The van der Waals surface area contributed by atoms with Crippen LogP contribution in [0, 0.1) is 10.1 Å². The molecule has 0 saturated heterocycles. The van der Waals surface area contributed by atoms with Crippen molar-refractivity contribution in [1.29, 1.82) is 0 Å². The zero-order valence-corrected chi connectivity index (χ0v) is 15.3. The number of hydrogen-bond donors (Lipinski definition) is 0. The van der Waals surface area contributed by atoms with Crippen molar-refractivity contribution in [3.05, 3.63) is 58.6 Å². The molecule has 0 aliphatic carbocycles. The van der Waals surface area contributed by atoms with Gasteiger partial charge in [0.25, 0.3) is 5.69 Å². The molecule has 0 radical (unpaired) electrons. The van der Waals surface area contributed by atoms with E-state index in [2.05, 4.69) is 33.9 Å². The average molecular weight is 329 g/mol. The summed E-state index contributed by atoms with van der Waals surface area (Å²) in [6.07, 6.45) is 0. The van der Waals surface area contributed by atoms with E-state index in [0.29, 0.717) is 0 Å². The van der Waals surface area contributed by atoms with Crippen LogP contribution < -0.4 is 4.43 Å². The Hall–Kier alpha value is -2.14. The van der Waals surface area contributed by atoms with E-state index in [4.69, 9.17) is 4.43 Å². The van der Waals surface area contributed by atoms with Gasteiger partial charge in [0.1, 0.15) is 5.75 Å². The molecule has 0 bridgehead atoms. The fraction of sp³-hybridized carbons (Fsp3) is 0.333. The van der Waals surface area contributed by atoms with Crippen LogP contribution in [0.15, 0.2) is 48.5 Å². The van der Waals surface area contributed by atoms with Crippen molar-refractivity contribution in [3.63, 3.8) is 0 Å². The summed E-state index contributed by atoms with van der Waals surface area (Å²) in [5.41, 5.74) is 2.07. The van der Waals surface area contributed by atoms with E-state index in [9.17, 15) is 10.1 Å². The minimum Gasteiger partial charge on any atom is -0.544 e. The molecule has 2 aromatic carbocycles. The lowest BCUT2D eigenvalue weighted by atomic mass is 10.1. The molecule has 0 N–H and O–H groups in total. The number of non-ortho nitro benzene ring substituents is 1. The summed E-state index contributed by atoms with van der Waals surface area (Å²) in [4.78, 5) is 10.3. The molecule has 0 atom stereocenters. The van der Waals surface area contributed by atoms with Gasteiger partial charge in [-0.15, -0.1) is 0 Å². The van der Waals surface area contributed by atoms with Gasteiger partial charge in [0.05, 0.1) is 4.92 Å². The van der Waals surface area contributed by atoms with Gasteiger partial charge in [-0.05, 0) is 53.5 Å². The Balaban J connectivity index is 2.18. The summed E-state index contributed by atoms with van der Waals surface area (Å²) in [5, 5.41) is 10.9. The van der Waals surface area contributed by atoms with Crippen LogP contribution >= 0.6 is 0 Å². The lowest BCUT2D eigenvalue weighted by Crippen LogP contribution is -2.43. The summed E-state index contributed by atoms with van der Waals surface area (Å²) >= 11 is 0. The smallest absolute Gasteiger partial charge is 0.269 e. The summed E-state index contributed by atoms with van der Waals surface area (Å²) in [6.45, 7) is 11.1. The number of benzene rings is 2. The van der Waals surface area contributed by atoms with Crippen molar-refractivity contribution in [3.8, 4) is 16.9 Å². The van der Waals surface area contributed by atoms with E-state index in [1.54, 1.807) is 12.1 Å². The molecule has 0 amide bonds. The van der Waals surface area contributed by atoms with Gasteiger partial charge in [0, 0.05) is 12.1 Å². The summed E-state index contributed by atoms with van der Waals surface area (Å²) in [6, 6.07) is 14.5. The second-order valence-corrected chi connectivity index (χ2v) is 11.9. The zero-order valence-electron chi connectivity index (χ0n) is 14.3. The first-order chi connectivity index (χ1) is 10.6. The van der Waals surface area contributed by atoms with Crippen LogP contribution in [0.25, 0.3) is 11.1 Å². The average Bonchev–Trinajstić information content (AvgIpc) is 2.46. The van der Waals surface area contributed by atoms with Crippen molar-refractivity contribution in [2.45, 2.75) is 38.9 Å². The summed E-state index contributed by atoms with van der Waals surface area (Å²) in [7, 11) is -1.84. The molecule has 0 heterocycles. The van der Waals surface area contributed by atoms with Gasteiger partial charge in [-0.1, -0.05) is 32.9 Å². The van der Waals surface area contributed by atoms with Gasteiger partial charge in [-0.3, -0.25) is 10.1 Å². The van der Waals surface area contributed by atoms with Crippen molar-refractivity contribution in [2.24, 2.45) is 0 Å². The SMILES string of the molecule is CC(C)(C)[Si](C)(C)Oc1ccc(-c2ccc([N+](=O)[O-])cc2)cc1. The molecule has 122 valence electrons. The normalized spacial score (nSPS) is 12.0. The fourth-order valence-electron chi connectivity index (χ4n) is 1.94. The summed E-state index contributed by atoms with van der Waals surface area (Å²) < 4.78 is 6.26. The Morgan fingerprint density at radius 1 is 0.913 bits per heavy atom. The third kappa shape index (κ3) is 3.99. The van der Waals surface area contributed by atoms with Crippen LogP contribution in [0.1, 0.15) is 20.8 Å². The number of nitro benzene ring substituents is 1. The largest absolute Gasteiger partial charge is 0.544 e. The number of rotatable bonds is 4. The molecule has 0 fully saturated rings. The Morgan fingerprint density at radius 2 is 1.35 bits per heavy atom. The molecule has 5 heteroatoms. The minimum absolute atomic E-state index is 0.103. The van der Waals surface area contributed by atoms with Crippen LogP contribution in [0.4, 0.5) is 5.69 Å². The van der Waals surface area contributed by atoms with Crippen molar-refractivity contribution >= 4 is 14.0 Å². The first-order valence-corrected chi connectivity index (χ1v) is 10.5. The van der Waals surface area contributed by atoms with E-state index in [1.165, 1.54) is 12.1 Å². The van der Waals surface area contributed by atoms with Crippen LogP contribution in [0.2, 0.25) is 18.1 Å². The monoisotopic (exact) mass is 329 g/mol. The Bertz CT molecular complexity index is 686. The van der Waals surface area contributed by atoms with Gasteiger partial charge in [0.15, 0.2) is 0 Å². The highest BCUT2D eigenvalue weighted by molar-refractivity contribution is 6.74. The van der Waals surface area contributed by atoms with E-state index in [-0.39, 0.29) is 15.6 Å². The van der Waals surface area contributed by atoms with Gasteiger partial charge in [-0.25, -0.2) is 0 Å². The maximum absolute atomic E-state index is 10.7. The van der Waals surface area contributed by atoms with E-state index >= 15 is 0 Å². The summed E-state index contributed by atoms with van der Waals surface area (Å²) in [5.74, 6) is 0.877. The number of nitro groups is 1. The first kappa shape index (κ1) is 17.2. The minimum atomic E-state index is -1.84. The standard InChI is InChI=1S/C18H23NO3Si/c1-18(2,3)23(4,5)22-17-12-8-15(9-13-17)14-6-10-16(11-7-14)19(20)21/h6-13H,1-5H3. The molecule has 23 heavy (non-hydrogen) atoms. The molecule has 0 aliphatic rings. The lowest BCUT2D eigenvalue weighted by Gasteiger charge is -2.36. The van der Waals surface area contributed by atoms with E-state index in [1.807, 2.05) is 24.3 Å². The number of hydrogen-bond acceptors (Lipinski definition) is 3. The predicted molar refractivity (Wildman–Crippen MR) is 96.4 cm³/mol. The van der Waals surface area contributed by atoms with E-state index < -0.39 is 8.32 Å². The Morgan fingerprint density at radius 3 is 1.74 bits per heavy atom. The quantitative estimate of drug-likeness (QED) is 0.414. The Kier molecular flexibility index (Phi) is 4.61. The van der Waals surface area contributed by atoms with Gasteiger partial charge in [-0.2, -0.15) is 0 Å². The molecule has 2 rings (SSSR count). The molecule has 0 aliphatic heterocycles. The first-order valence-electron chi connectivity index (χ1n) is 7.64. The van der Waals surface area contributed by atoms with Crippen LogP contribution in [0.5, 0.6) is 5.75 Å². The highest BCUT2D eigenvalue weighted by Crippen LogP contribution is 2.37. The van der Waals surface area contributed by atoms with Gasteiger partial charge < -0.3 is 4.43 Å². The van der Waals surface area contributed by atoms with Crippen LogP contribution in [-0.4, -0.2) is 13.2 Å². The van der Waals surface area contributed by atoms with Crippen molar-refractivity contribution in [1.82, 2.24) is 0 Å². The highest BCUT2D eigenvalue weighted by atomic mass is 28.4. The van der Waals surface area contributed by atoms with Gasteiger partial charge >= 0.3 is 0 Å². The molecule has 0 unspecified atom stereocenters. The molecule has 0 spiro atoms.